The molecule has 2 N–H and O–H groups in total. The molecule has 0 aliphatic heterocycles. The first-order valence-corrected chi connectivity index (χ1v) is 9.44. The van der Waals surface area contributed by atoms with Gasteiger partial charge in [-0.05, 0) is 71.4 Å². The lowest BCUT2D eigenvalue weighted by Gasteiger charge is -2.12. The number of halogens is 1. The van der Waals surface area contributed by atoms with E-state index in [1.807, 2.05) is 13.0 Å². The lowest BCUT2D eigenvalue weighted by atomic mass is 10.1. The highest BCUT2D eigenvalue weighted by Gasteiger charge is 2.14. The second kappa shape index (κ2) is 9.08. The van der Waals surface area contributed by atoms with E-state index in [-0.39, 0.29) is 5.76 Å². The van der Waals surface area contributed by atoms with Gasteiger partial charge in [-0.3, -0.25) is 9.59 Å². The predicted octanol–water partition coefficient (Wildman–Crippen LogP) is 4.82. The summed E-state index contributed by atoms with van der Waals surface area (Å²) in [5, 5.41) is 14.5. The van der Waals surface area contributed by atoms with Crippen LogP contribution in [0, 0.1) is 11.3 Å². The number of benzene rings is 2. The van der Waals surface area contributed by atoms with Crippen molar-refractivity contribution >= 4 is 39.1 Å². The Morgan fingerprint density at radius 1 is 1.10 bits per heavy atom. The van der Waals surface area contributed by atoms with Crippen molar-refractivity contribution in [2.45, 2.75) is 6.92 Å². The topological polar surface area (TPSA) is 104 Å². The maximum Gasteiger partial charge on any atom is 0.291 e. The van der Waals surface area contributed by atoms with Crippen LogP contribution in [0.5, 0.6) is 5.75 Å². The van der Waals surface area contributed by atoms with Gasteiger partial charge in [-0.15, -0.1) is 0 Å². The Bertz CT molecular complexity index is 1100. The van der Waals surface area contributed by atoms with E-state index in [4.69, 9.17) is 14.4 Å². The van der Waals surface area contributed by atoms with E-state index in [1.165, 1.54) is 6.07 Å². The molecule has 146 valence electrons. The van der Waals surface area contributed by atoms with Crippen molar-refractivity contribution in [1.29, 1.82) is 5.26 Å². The molecule has 3 aromatic rings. The molecule has 0 radical (unpaired) electrons. The number of ether oxygens (including phenoxy) is 1. The number of carbonyl (C=O) groups is 2. The van der Waals surface area contributed by atoms with Gasteiger partial charge in [0.2, 0.25) is 0 Å². The van der Waals surface area contributed by atoms with Gasteiger partial charge in [0.15, 0.2) is 10.4 Å². The summed E-state index contributed by atoms with van der Waals surface area (Å²) in [6.45, 7) is 2.24. The lowest BCUT2D eigenvalue weighted by Crippen LogP contribution is -2.15. The van der Waals surface area contributed by atoms with E-state index in [1.54, 1.807) is 48.5 Å². The van der Waals surface area contributed by atoms with E-state index in [2.05, 4.69) is 26.6 Å². The van der Waals surface area contributed by atoms with Crippen LogP contribution in [0.3, 0.4) is 0 Å². The molecule has 0 fully saturated rings. The summed E-state index contributed by atoms with van der Waals surface area (Å²) in [6.07, 6.45) is 0. The van der Waals surface area contributed by atoms with Crippen molar-refractivity contribution in [2.75, 3.05) is 17.2 Å². The van der Waals surface area contributed by atoms with Crippen LogP contribution in [-0.4, -0.2) is 18.4 Å². The minimum atomic E-state index is -0.436. The first kappa shape index (κ1) is 20.2. The molecular weight excluding hydrogens is 438 g/mol. The summed E-state index contributed by atoms with van der Waals surface area (Å²) in [6, 6.07) is 16.4. The largest absolute Gasteiger partial charge is 0.492 e. The third kappa shape index (κ3) is 5.03. The van der Waals surface area contributed by atoms with Crippen LogP contribution < -0.4 is 15.4 Å². The number of amides is 2. The average Bonchev–Trinajstić information content (AvgIpc) is 3.16. The molecule has 0 aliphatic carbocycles. The second-order valence-corrected chi connectivity index (χ2v) is 6.63. The van der Waals surface area contributed by atoms with E-state index in [0.29, 0.717) is 39.5 Å². The Labute approximate surface area is 175 Å². The molecule has 1 heterocycles. The van der Waals surface area contributed by atoms with Crippen LogP contribution >= 0.6 is 15.9 Å². The summed E-state index contributed by atoms with van der Waals surface area (Å²) >= 11 is 3.15. The second-order valence-electron chi connectivity index (χ2n) is 5.85. The van der Waals surface area contributed by atoms with Crippen LogP contribution in [0.25, 0.3) is 0 Å². The highest BCUT2D eigenvalue weighted by molar-refractivity contribution is 9.10. The Kier molecular flexibility index (Phi) is 6.32. The van der Waals surface area contributed by atoms with Crippen LogP contribution in [0.2, 0.25) is 0 Å². The molecule has 0 saturated carbocycles. The summed E-state index contributed by atoms with van der Waals surface area (Å²) in [4.78, 5) is 24.9. The normalized spacial score (nSPS) is 10.1. The summed E-state index contributed by atoms with van der Waals surface area (Å²) in [5.41, 5.74) is 1.55. The standard InChI is InChI=1S/C21H16BrN3O4/c1-2-28-17-7-6-13(12-23)10-16(17)25-20(26)14-4-3-5-15(11-14)24-21(27)18-8-9-19(22)29-18/h3-11H,2H2,1H3,(H,24,27)(H,25,26). The number of rotatable bonds is 6. The number of nitrogens with zero attached hydrogens (tertiary/aromatic N) is 1. The summed E-state index contributed by atoms with van der Waals surface area (Å²) in [7, 11) is 0. The average molecular weight is 454 g/mol. The number of hydrogen-bond acceptors (Lipinski definition) is 5. The van der Waals surface area contributed by atoms with Crippen LogP contribution in [-0.2, 0) is 0 Å². The Hall–Kier alpha value is -3.57. The van der Waals surface area contributed by atoms with Crippen molar-refractivity contribution in [3.05, 3.63) is 76.2 Å². The Morgan fingerprint density at radius 2 is 1.93 bits per heavy atom. The minimum absolute atomic E-state index is 0.140. The SMILES string of the molecule is CCOc1ccc(C#N)cc1NC(=O)c1cccc(NC(=O)c2ccc(Br)o2)c1. The van der Waals surface area contributed by atoms with Crippen LogP contribution in [0.15, 0.2) is 63.7 Å². The number of nitriles is 1. The number of nitrogens with one attached hydrogen (secondary N) is 2. The Morgan fingerprint density at radius 3 is 2.62 bits per heavy atom. The zero-order valence-corrected chi connectivity index (χ0v) is 16.9. The van der Waals surface area contributed by atoms with Gasteiger partial charge in [0.25, 0.3) is 11.8 Å². The van der Waals surface area contributed by atoms with Gasteiger partial charge >= 0.3 is 0 Å². The van der Waals surface area contributed by atoms with Crippen molar-refractivity contribution in [1.82, 2.24) is 0 Å². The molecule has 0 atom stereocenters. The molecule has 29 heavy (non-hydrogen) atoms. The van der Waals surface area contributed by atoms with Gasteiger partial charge in [-0.1, -0.05) is 6.07 Å². The maximum absolute atomic E-state index is 12.7. The van der Waals surface area contributed by atoms with Crippen molar-refractivity contribution in [2.24, 2.45) is 0 Å². The quantitative estimate of drug-likeness (QED) is 0.556. The zero-order valence-electron chi connectivity index (χ0n) is 15.4. The lowest BCUT2D eigenvalue weighted by molar-refractivity contribution is 0.0992. The summed E-state index contributed by atoms with van der Waals surface area (Å²) in [5.74, 6) is -0.236. The van der Waals surface area contributed by atoms with E-state index in [0.717, 1.165) is 0 Å². The number of hydrogen-bond donors (Lipinski definition) is 2. The molecule has 1 aromatic heterocycles. The monoisotopic (exact) mass is 453 g/mol. The molecule has 0 spiro atoms. The highest BCUT2D eigenvalue weighted by atomic mass is 79.9. The van der Waals surface area contributed by atoms with Gasteiger partial charge in [0, 0.05) is 11.3 Å². The Balaban J connectivity index is 1.78. The van der Waals surface area contributed by atoms with Crippen molar-refractivity contribution in [3.8, 4) is 11.8 Å². The molecule has 0 unspecified atom stereocenters. The van der Waals surface area contributed by atoms with Crippen molar-refractivity contribution < 1.29 is 18.7 Å². The number of anilines is 2. The van der Waals surface area contributed by atoms with Crippen LogP contribution in [0.4, 0.5) is 11.4 Å². The van der Waals surface area contributed by atoms with E-state index >= 15 is 0 Å². The zero-order chi connectivity index (χ0) is 20.8. The third-order valence-electron chi connectivity index (χ3n) is 3.84. The van der Waals surface area contributed by atoms with Gasteiger partial charge in [0.1, 0.15) is 5.75 Å². The molecule has 0 saturated heterocycles. The smallest absolute Gasteiger partial charge is 0.291 e. The molecule has 0 aliphatic rings. The van der Waals surface area contributed by atoms with Gasteiger partial charge in [-0.25, -0.2) is 0 Å². The fourth-order valence-electron chi connectivity index (χ4n) is 2.54. The number of carbonyl (C=O) groups excluding carboxylic acids is 2. The number of furan rings is 1. The molecule has 3 rings (SSSR count). The molecule has 8 heteroatoms. The molecule has 7 nitrogen and oxygen atoms in total. The molecule has 2 aromatic carbocycles. The third-order valence-corrected chi connectivity index (χ3v) is 4.26. The van der Waals surface area contributed by atoms with Crippen molar-refractivity contribution in [3.63, 3.8) is 0 Å². The fraction of sp³-hybridized carbons (Fsp3) is 0.0952. The molecule has 0 bridgehead atoms. The minimum Gasteiger partial charge on any atom is -0.492 e. The molecular formula is C21H16BrN3O4. The van der Waals surface area contributed by atoms with Gasteiger partial charge in [0.05, 0.1) is 23.9 Å². The van der Waals surface area contributed by atoms with E-state index in [9.17, 15) is 9.59 Å². The summed E-state index contributed by atoms with van der Waals surface area (Å²) < 4.78 is 11.2. The highest BCUT2D eigenvalue weighted by Crippen LogP contribution is 2.26. The van der Waals surface area contributed by atoms with E-state index < -0.39 is 11.8 Å². The first-order valence-electron chi connectivity index (χ1n) is 8.65. The van der Waals surface area contributed by atoms with Crippen LogP contribution in [0.1, 0.15) is 33.4 Å². The fourth-order valence-corrected chi connectivity index (χ4v) is 2.85. The first-order chi connectivity index (χ1) is 14.0. The van der Waals surface area contributed by atoms with Gasteiger partial charge in [-0.2, -0.15) is 5.26 Å². The predicted molar refractivity (Wildman–Crippen MR) is 111 cm³/mol. The maximum atomic E-state index is 12.7. The van der Waals surface area contributed by atoms with Gasteiger partial charge < -0.3 is 19.8 Å². The molecule has 2 amide bonds.